The van der Waals surface area contributed by atoms with Gasteiger partial charge in [0.1, 0.15) is 17.7 Å². The molecule has 0 amide bonds. The van der Waals surface area contributed by atoms with Crippen molar-refractivity contribution in [1.29, 1.82) is 0 Å². The van der Waals surface area contributed by atoms with Crippen molar-refractivity contribution in [1.82, 2.24) is 5.32 Å². The van der Waals surface area contributed by atoms with Crippen molar-refractivity contribution >= 4 is 11.6 Å². The smallest absolute Gasteiger partial charge is 0.128 e. The van der Waals surface area contributed by atoms with E-state index >= 15 is 0 Å². The van der Waals surface area contributed by atoms with Gasteiger partial charge in [-0.15, -0.1) is 0 Å². The fourth-order valence-electron chi connectivity index (χ4n) is 2.44. The van der Waals surface area contributed by atoms with Gasteiger partial charge in [-0.1, -0.05) is 24.9 Å². The number of hydrogen-bond donors (Lipinski definition) is 1. The van der Waals surface area contributed by atoms with Crippen molar-refractivity contribution in [2.75, 3.05) is 13.1 Å². The second-order valence-corrected chi connectivity index (χ2v) is 5.24. The zero-order chi connectivity index (χ0) is 13.0. The van der Waals surface area contributed by atoms with E-state index in [0.717, 1.165) is 32.4 Å². The molecule has 1 heterocycles. The second-order valence-electron chi connectivity index (χ2n) is 4.80. The highest BCUT2D eigenvalue weighted by molar-refractivity contribution is 6.30. The maximum Gasteiger partial charge on any atom is 0.128 e. The van der Waals surface area contributed by atoms with Crippen LogP contribution in [0.2, 0.25) is 5.02 Å². The van der Waals surface area contributed by atoms with Gasteiger partial charge in [-0.2, -0.15) is 0 Å². The lowest BCUT2D eigenvalue weighted by Crippen LogP contribution is -2.28. The minimum Gasteiger partial charge on any atom is -0.490 e. The molecule has 1 fully saturated rings. The van der Waals surface area contributed by atoms with Crippen LogP contribution in [0.4, 0.5) is 4.39 Å². The quantitative estimate of drug-likeness (QED) is 0.883. The number of ether oxygens (including phenoxy) is 1. The third-order valence-electron chi connectivity index (χ3n) is 3.32. The summed E-state index contributed by atoms with van der Waals surface area (Å²) >= 11 is 5.84. The van der Waals surface area contributed by atoms with Crippen LogP contribution in [0.1, 0.15) is 26.2 Å². The predicted octanol–water partition coefficient (Wildman–Crippen LogP) is 3.64. The van der Waals surface area contributed by atoms with Crippen LogP contribution in [0.5, 0.6) is 5.75 Å². The highest BCUT2D eigenvalue weighted by atomic mass is 35.5. The van der Waals surface area contributed by atoms with Crippen molar-refractivity contribution < 1.29 is 9.13 Å². The maximum absolute atomic E-state index is 13.3. The van der Waals surface area contributed by atoms with Gasteiger partial charge in [0, 0.05) is 23.6 Å². The lowest BCUT2D eigenvalue weighted by molar-refractivity contribution is 0.132. The van der Waals surface area contributed by atoms with E-state index in [4.69, 9.17) is 16.3 Å². The predicted molar refractivity (Wildman–Crippen MR) is 71.7 cm³/mol. The first-order valence-electron chi connectivity index (χ1n) is 6.52. The average molecular weight is 272 g/mol. The maximum atomic E-state index is 13.3. The van der Waals surface area contributed by atoms with Gasteiger partial charge in [-0.05, 0) is 31.5 Å². The third kappa shape index (κ3) is 3.59. The van der Waals surface area contributed by atoms with Gasteiger partial charge in [-0.3, -0.25) is 0 Å². The van der Waals surface area contributed by atoms with E-state index in [9.17, 15) is 4.39 Å². The Labute approximate surface area is 112 Å². The molecule has 100 valence electrons. The Morgan fingerprint density at radius 1 is 1.50 bits per heavy atom. The van der Waals surface area contributed by atoms with Gasteiger partial charge in [0.25, 0.3) is 0 Å². The molecule has 0 spiro atoms. The Balaban J connectivity index is 2.07. The molecule has 0 aliphatic carbocycles. The Morgan fingerprint density at radius 2 is 2.33 bits per heavy atom. The van der Waals surface area contributed by atoms with Crippen molar-refractivity contribution in [3.05, 3.63) is 29.0 Å². The molecule has 1 aliphatic rings. The van der Waals surface area contributed by atoms with Gasteiger partial charge in [0.15, 0.2) is 0 Å². The Kier molecular flexibility index (Phi) is 4.84. The molecule has 1 saturated heterocycles. The van der Waals surface area contributed by atoms with Gasteiger partial charge >= 0.3 is 0 Å². The molecule has 2 nitrogen and oxygen atoms in total. The molecule has 0 radical (unpaired) electrons. The SMILES string of the molecule is CCC[C@@H](Oc1cc(F)cc(Cl)c1)C1CCNC1. The van der Waals surface area contributed by atoms with E-state index in [1.165, 1.54) is 12.1 Å². The zero-order valence-electron chi connectivity index (χ0n) is 10.6. The number of hydrogen-bond acceptors (Lipinski definition) is 2. The lowest BCUT2D eigenvalue weighted by atomic mass is 9.97. The summed E-state index contributed by atoms with van der Waals surface area (Å²) in [6.45, 7) is 4.16. The van der Waals surface area contributed by atoms with Gasteiger partial charge in [-0.25, -0.2) is 4.39 Å². The molecule has 1 aromatic rings. The monoisotopic (exact) mass is 271 g/mol. The molecule has 1 unspecified atom stereocenters. The lowest BCUT2D eigenvalue weighted by Gasteiger charge is -2.24. The summed E-state index contributed by atoms with van der Waals surface area (Å²) in [5.74, 6) is 0.689. The minimum absolute atomic E-state index is 0.142. The number of rotatable bonds is 5. The van der Waals surface area contributed by atoms with Crippen LogP contribution < -0.4 is 10.1 Å². The molecular formula is C14H19ClFNO. The van der Waals surface area contributed by atoms with Crippen LogP contribution in [-0.2, 0) is 0 Å². The highest BCUT2D eigenvalue weighted by Gasteiger charge is 2.25. The number of nitrogens with one attached hydrogen (secondary N) is 1. The molecule has 1 N–H and O–H groups in total. The first-order chi connectivity index (χ1) is 8.69. The van der Waals surface area contributed by atoms with E-state index in [2.05, 4.69) is 12.2 Å². The highest BCUT2D eigenvalue weighted by Crippen LogP contribution is 2.26. The zero-order valence-corrected chi connectivity index (χ0v) is 11.3. The first-order valence-corrected chi connectivity index (χ1v) is 6.90. The fourth-order valence-corrected chi connectivity index (χ4v) is 2.65. The molecule has 4 heteroatoms. The fraction of sp³-hybridized carbons (Fsp3) is 0.571. The molecule has 0 bridgehead atoms. The molecule has 2 atom stereocenters. The van der Waals surface area contributed by atoms with E-state index in [1.54, 1.807) is 6.07 Å². The molecule has 1 aliphatic heterocycles. The van der Waals surface area contributed by atoms with E-state index in [0.29, 0.717) is 16.7 Å². The molecular weight excluding hydrogens is 253 g/mol. The summed E-state index contributed by atoms with van der Waals surface area (Å²) in [5.41, 5.74) is 0. The largest absolute Gasteiger partial charge is 0.490 e. The Morgan fingerprint density at radius 3 is 2.94 bits per heavy atom. The summed E-state index contributed by atoms with van der Waals surface area (Å²) in [4.78, 5) is 0. The summed E-state index contributed by atoms with van der Waals surface area (Å²) in [7, 11) is 0. The topological polar surface area (TPSA) is 21.3 Å². The standard InChI is InChI=1S/C14H19ClFNO/c1-2-3-14(10-4-5-17-9-10)18-13-7-11(15)6-12(16)8-13/h6-8,10,14,17H,2-5,9H2,1H3/t10?,14-/m1/s1. The van der Waals surface area contributed by atoms with Crippen molar-refractivity contribution in [3.63, 3.8) is 0 Å². The van der Waals surface area contributed by atoms with Crippen molar-refractivity contribution in [2.45, 2.75) is 32.3 Å². The molecule has 0 saturated carbocycles. The van der Waals surface area contributed by atoms with Crippen LogP contribution in [0.25, 0.3) is 0 Å². The second kappa shape index (κ2) is 6.39. The number of benzene rings is 1. The Hall–Kier alpha value is -0.800. The van der Waals surface area contributed by atoms with Crippen LogP contribution in [-0.4, -0.2) is 19.2 Å². The van der Waals surface area contributed by atoms with Gasteiger partial charge in [0.05, 0.1) is 0 Å². The normalized spacial score (nSPS) is 20.9. The molecule has 2 rings (SSSR count). The first kappa shape index (κ1) is 13.6. The van der Waals surface area contributed by atoms with Crippen molar-refractivity contribution in [3.8, 4) is 5.75 Å². The third-order valence-corrected chi connectivity index (χ3v) is 3.54. The molecule has 0 aromatic heterocycles. The van der Waals surface area contributed by atoms with E-state index in [1.807, 2.05) is 0 Å². The van der Waals surface area contributed by atoms with Crippen molar-refractivity contribution in [2.24, 2.45) is 5.92 Å². The Bertz CT molecular complexity index is 373. The van der Waals surface area contributed by atoms with Gasteiger partial charge < -0.3 is 10.1 Å². The van der Waals surface area contributed by atoms with Crippen LogP contribution in [0.15, 0.2) is 18.2 Å². The average Bonchev–Trinajstić information content (AvgIpc) is 2.80. The summed E-state index contributed by atoms with van der Waals surface area (Å²) in [5, 5.41) is 3.72. The summed E-state index contributed by atoms with van der Waals surface area (Å²) in [6.07, 6.45) is 3.31. The summed E-state index contributed by atoms with van der Waals surface area (Å²) < 4.78 is 19.2. The van der Waals surface area contributed by atoms with Crippen LogP contribution in [0.3, 0.4) is 0 Å². The van der Waals surface area contributed by atoms with Gasteiger partial charge in [0.2, 0.25) is 0 Å². The van der Waals surface area contributed by atoms with E-state index in [-0.39, 0.29) is 11.9 Å². The molecule has 18 heavy (non-hydrogen) atoms. The summed E-state index contributed by atoms with van der Waals surface area (Å²) in [6, 6.07) is 4.37. The molecule has 1 aromatic carbocycles. The van der Waals surface area contributed by atoms with E-state index < -0.39 is 0 Å². The van der Waals surface area contributed by atoms with Crippen LogP contribution >= 0.6 is 11.6 Å². The van der Waals surface area contributed by atoms with Crippen LogP contribution in [0, 0.1) is 11.7 Å². The number of halogens is 2. The minimum atomic E-state index is -0.350.